The fourth-order valence-corrected chi connectivity index (χ4v) is 2.38. The van der Waals surface area contributed by atoms with Crippen LogP contribution in [-0.4, -0.2) is 42.0 Å². The highest BCUT2D eigenvalue weighted by Crippen LogP contribution is 2.36. The molecule has 0 saturated heterocycles. The molecule has 2 rings (SSSR count). The number of ether oxygens (including phenoxy) is 2. The van der Waals surface area contributed by atoms with Crippen LogP contribution in [0.15, 0.2) is 23.4 Å². The molecule has 0 unspecified atom stereocenters. The first-order valence-electron chi connectivity index (χ1n) is 8.51. The van der Waals surface area contributed by atoms with Gasteiger partial charge in [0.2, 0.25) is 0 Å². The first-order valence-corrected chi connectivity index (χ1v) is 8.51. The van der Waals surface area contributed by atoms with E-state index in [1.165, 1.54) is 6.92 Å². The maximum Gasteiger partial charge on any atom is 0.433 e. The third-order valence-corrected chi connectivity index (χ3v) is 3.39. The summed E-state index contributed by atoms with van der Waals surface area (Å²) in [4.78, 5) is 27.4. The summed E-state index contributed by atoms with van der Waals surface area (Å²) in [7, 11) is 0. The molecule has 0 atom stereocenters. The second-order valence-electron chi connectivity index (χ2n) is 6.84. The van der Waals surface area contributed by atoms with Gasteiger partial charge in [-0.15, -0.1) is 0 Å². The topological polar surface area (TPSA) is 92.8 Å². The van der Waals surface area contributed by atoms with Crippen molar-refractivity contribution in [3.05, 3.63) is 29.2 Å². The number of carbonyl (C=O) groups is 2. The number of rotatable bonds is 4. The van der Waals surface area contributed by atoms with Crippen molar-refractivity contribution < 1.29 is 36.6 Å². The minimum absolute atomic E-state index is 0.105. The molecule has 0 bridgehead atoms. The molecule has 0 aliphatic carbocycles. The van der Waals surface area contributed by atoms with Gasteiger partial charge in [-0.2, -0.15) is 13.2 Å². The van der Waals surface area contributed by atoms with Gasteiger partial charge in [0.05, 0.1) is 12.2 Å². The van der Waals surface area contributed by atoms with Crippen LogP contribution in [0.1, 0.15) is 27.7 Å². The summed E-state index contributed by atoms with van der Waals surface area (Å²) in [6.07, 6.45) is -5.96. The van der Waals surface area contributed by atoms with Crippen molar-refractivity contribution in [1.82, 2.24) is 10.4 Å². The minimum Gasteiger partial charge on any atom is -0.463 e. The summed E-state index contributed by atoms with van der Waals surface area (Å²) in [5, 5.41) is 2.54. The number of carbonyl (C=O) groups excluding carboxylic acids is 2. The number of nitrogens with one attached hydrogen (secondary N) is 2. The molecule has 1 amide bonds. The number of alkyl halides is 3. The Morgan fingerprint density at radius 1 is 1.28 bits per heavy atom. The molecule has 2 N–H and O–H groups in total. The van der Waals surface area contributed by atoms with E-state index in [1.807, 2.05) is 5.32 Å². The molecular formula is C17H20F4N4O4. The Bertz CT molecular complexity index is 834. The third-order valence-electron chi connectivity index (χ3n) is 3.39. The fourth-order valence-electron chi connectivity index (χ4n) is 2.38. The predicted molar refractivity (Wildman–Crippen MR) is 94.2 cm³/mol. The van der Waals surface area contributed by atoms with E-state index >= 15 is 0 Å². The molecule has 160 valence electrons. The molecule has 1 aliphatic rings. The average Bonchev–Trinajstić information content (AvgIpc) is 3.01. The van der Waals surface area contributed by atoms with Crippen LogP contribution in [0.4, 0.5) is 34.0 Å². The number of halogens is 4. The molecule has 0 aromatic carbocycles. The zero-order valence-electron chi connectivity index (χ0n) is 16.1. The first-order chi connectivity index (χ1) is 13.3. The Balaban J connectivity index is 2.38. The molecule has 0 saturated carbocycles. The monoisotopic (exact) mass is 420 g/mol. The highest BCUT2D eigenvalue weighted by Gasteiger charge is 2.46. The van der Waals surface area contributed by atoms with E-state index < -0.39 is 59.1 Å². The predicted octanol–water partition coefficient (Wildman–Crippen LogP) is 3.27. The summed E-state index contributed by atoms with van der Waals surface area (Å²) in [5.74, 6) is -3.15. The number of hydrazine groups is 1. The molecular weight excluding hydrogens is 400 g/mol. The molecule has 2 heterocycles. The lowest BCUT2D eigenvalue weighted by atomic mass is 10.2. The molecule has 1 aromatic heterocycles. The zero-order chi connectivity index (χ0) is 22.0. The average molecular weight is 420 g/mol. The lowest BCUT2D eigenvalue weighted by molar-refractivity contribution is -0.139. The first kappa shape index (κ1) is 22.4. The summed E-state index contributed by atoms with van der Waals surface area (Å²) in [6, 6.07) is 1.79. The quantitative estimate of drug-likeness (QED) is 0.571. The highest BCUT2D eigenvalue weighted by atomic mass is 19.4. The van der Waals surface area contributed by atoms with Crippen LogP contribution in [0, 0.1) is 5.82 Å². The number of amides is 1. The Kier molecular flexibility index (Phi) is 6.36. The normalized spacial score (nSPS) is 14.8. The Labute approximate surface area is 163 Å². The summed E-state index contributed by atoms with van der Waals surface area (Å²) in [5.41, 5.74) is -0.494. The Morgan fingerprint density at radius 2 is 1.93 bits per heavy atom. The van der Waals surface area contributed by atoms with Crippen LogP contribution < -0.4 is 15.8 Å². The SMILES string of the molecule is CCOC(=O)C1=C(C(F)(F)F)N(c2ccc(F)c(NC(=O)OC(C)(C)C)n2)NC1. The van der Waals surface area contributed by atoms with Crippen LogP contribution in [0.25, 0.3) is 0 Å². The molecule has 0 radical (unpaired) electrons. The van der Waals surface area contributed by atoms with Gasteiger partial charge in [-0.1, -0.05) is 0 Å². The standard InChI is InChI=1S/C17H20F4N4O4/c1-5-28-14(26)9-8-22-25(12(9)17(19,20)21)11-7-6-10(18)13(23-11)24-15(27)29-16(2,3)4/h6-7,22H,5,8H2,1-4H3,(H,23,24,27). The van der Waals surface area contributed by atoms with Crippen molar-refractivity contribution >= 4 is 23.7 Å². The van der Waals surface area contributed by atoms with Gasteiger partial charge in [-0.05, 0) is 39.8 Å². The van der Waals surface area contributed by atoms with Gasteiger partial charge in [-0.25, -0.2) is 24.4 Å². The number of pyridine rings is 1. The summed E-state index contributed by atoms with van der Waals surface area (Å²) < 4.78 is 64.4. The molecule has 0 fully saturated rings. The van der Waals surface area contributed by atoms with Gasteiger partial charge in [0.1, 0.15) is 11.4 Å². The van der Waals surface area contributed by atoms with Crippen LogP contribution in [-0.2, 0) is 14.3 Å². The van der Waals surface area contributed by atoms with E-state index in [4.69, 9.17) is 4.74 Å². The van der Waals surface area contributed by atoms with Crippen LogP contribution >= 0.6 is 0 Å². The van der Waals surface area contributed by atoms with E-state index in [2.05, 4.69) is 15.1 Å². The summed E-state index contributed by atoms with van der Waals surface area (Å²) in [6.45, 7) is 5.63. The van der Waals surface area contributed by atoms with Gasteiger partial charge in [0.15, 0.2) is 17.3 Å². The fraction of sp³-hybridized carbons (Fsp3) is 0.471. The molecule has 8 nitrogen and oxygen atoms in total. The second kappa shape index (κ2) is 8.23. The van der Waals surface area contributed by atoms with Crippen molar-refractivity contribution in [2.75, 3.05) is 23.5 Å². The molecule has 1 aliphatic heterocycles. The minimum atomic E-state index is -4.93. The lowest BCUT2D eigenvalue weighted by Crippen LogP contribution is -2.37. The molecule has 12 heteroatoms. The lowest BCUT2D eigenvalue weighted by Gasteiger charge is -2.24. The zero-order valence-corrected chi connectivity index (χ0v) is 16.1. The van der Waals surface area contributed by atoms with Crippen molar-refractivity contribution in [2.24, 2.45) is 0 Å². The van der Waals surface area contributed by atoms with Crippen LogP contribution in [0.5, 0.6) is 0 Å². The van der Waals surface area contributed by atoms with Gasteiger partial charge < -0.3 is 9.47 Å². The number of hydrogen-bond donors (Lipinski definition) is 2. The van der Waals surface area contributed by atoms with E-state index in [1.54, 1.807) is 20.8 Å². The van der Waals surface area contributed by atoms with Crippen molar-refractivity contribution in [2.45, 2.75) is 39.5 Å². The van der Waals surface area contributed by atoms with Crippen molar-refractivity contribution in [3.63, 3.8) is 0 Å². The van der Waals surface area contributed by atoms with Crippen molar-refractivity contribution in [1.29, 1.82) is 0 Å². The van der Waals surface area contributed by atoms with Crippen molar-refractivity contribution in [3.8, 4) is 0 Å². The van der Waals surface area contributed by atoms with E-state index in [9.17, 15) is 27.2 Å². The van der Waals surface area contributed by atoms with Gasteiger partial charge in [0, 0.05) is 6.54 Å². The number of allylic oxidation sites excluding steroid dienone is 1. The van der Waals surface area contributed by atoms with Gasteiger partial charge in [-0.3, -0.25) is 10.3 Å². The number of nitrogens with zero attached hydrogens (tertiary/aromatic N) is 2. The molecule has 0 spiro atoms. The maximum atomic E-state index is 14.0. The number of anilines is 2. The Morgan fingerprint density at radius 3 is 2.48 bits per heavy atom. The van der Waals surface area contributed by atoms with E-state index in [0.717, 1.165) is 12.1 Å². The summed E-state index contributed by atoms with van der Waals surface area (Å²) >= 11 is 0. The van der Waals surface area contributed by atoms with E-state index in [0.29, 0.717) is 5.01 Å². The van der Waals surface area contributed by atoms with E-state index in [-0.39, 0.29) is 6.61 Å². The highest BCUT2D eigenvalue weighted by molar-refractivity contribution is 5.92. The molecule has 29 heavy (non-hydrogen) atoms. The van der Waals surface area contributed by atoms with Gasteiger partial charge in [0.25, 0.3) is 0 Å². The molecule has 1 aromatic rings. The number of aromatic nitrogens is 1. The van der Waals surface area contributed by atoms with Crippen LogP contribution in [0.2, 0.25) is 0 Å². The third kappa shape index (κ3) is 5.56. The number of hydrogen-bond acceptors (Lipinski definition) is 7. The largest absolute Gasteiger partial charge is 0.463 e. The number of esters is 1. The maximum absolute atomic E-state index is 14.0. The van der Waals surface area contributed by atoms with Crippen LogP contribution in [0.3, 0.4) is 0 Å². The van der Waals surface area contributed by atoms with Gasteiger partial charge >= 0.3 is 18.2 Å². The Hall–Kier alpha value is -2.89. The smallest absolute Gasteiger partial charge is 0.433 e. The second-order valence-corrected chi connectivity index (χ2v) is 6.84.